The first-order chi connectivity index (χ1) is 9.28. The van der Waals surface area contributed by atoms with Gasteiger partial charge in [-0.15, -0.1) is 0 Å². The lowest BCUT2D eigenvalue weighted by Gasteiger charge is -2.21. The highest BCUT2D eigenvalue weighted by Gasteiger charge is 2.14. The number of hydrogen-bond acceptors (Lipinski definition) is 6. The Morgan fingerprint density at radius 3 is 2.68 bits per heavy atom. The van der Waals surface area contributed by atoms with Crippen molar-refractivity contribution in [2.24, 2.45) is 0 Å². The molecule has 1 fully saturated rings. The smallest absolute Gasteiger partial charge is 0.228 e. The zero-order chi connectivity index (χ0) is 13.5. The van der Waals surface area contributed by atoms with E-state index in [0.29, 0.717) is 17.1 Å². The summed E-state index contributed by atoms with van der Waals surface area (Å²) in [6.45, 7) is 3.81. The minimum Gasteiger partial charge on any atom is -0.354 e. The van der Waals surface area contributed by atoms with Crippen molar-refractivity contribution in [3.05, 3.63) is 5.28 Å². The van der Waals surface area contributed by atoms with Gasteiger partial charge in [0.2, 0.25) is 17.2 Å². The number of nitrogens with zero attached hydrogens (tertiary/aromatic N) is 3. The van der Waals surface area contributed by atoms with Crippen molar-refractivity contribution in [3.8, 4) is 0 Å². The highest BCUT2D eigenvalue weighted by molar-refractivity contribution is 7.99. The Bertz CT molecular complexity index is 398. The summed E-state index contributed by atoms with van der Waals surface area (Å²) < 4.78 is 0. The number of thioether (sulfide) groups is 1. The SMILES string of the molecule is CCCNc1nc(Cl)nc(NCC2CCCCS2)n1. The Morgan fingerprint density at radius 1 is 1.21 bits per heavy atom. The van der Waals surface area contributed by atoms with Gasteiger partial charge in [0.15, 0.2) is 0 Å². The van der Waals surface area contributed by atoms with Gasteiger partial charge in [-0.25, -0.2) is 0 Å². The number of rotatable bonds is 6. The average molecular weight is 302 g/mol. The van der Waals surface area contributed by atoms with Crippen LogP contribution in [0.15, 0.2) is 0 Å². The van der Waals surface area contributed by atoms with Crippen LogP contribution in [0, 0.1) is 0 Å². The van der Waals surface area contributed by atoms with Crippen molar-refractivity contribution in [2.75, 3.05) is 29.5 Å². The number of aromatic nitrogens is 3. The Hall–Kier alpha value is -0.750. The first kappa shape index (κ1) is 14.7. The molecule has 1 aliphatic heterocycles. The van der Waals surface area contributed by atoms with Crippen LogP contribution in [0.5, 0.6) is 0 Å². The molecule has 1 aromatic rings. The first-order valence-corrected chi connectivity index (χ1v) is 8.21. The molecule has 0 aromatic carbocycles. The predicted molar refractivity (Wildman–Crippen MR) is 82.2 cm³/mol. The second-order valence-corrected chi connectivity index (χ2v) is 6.29. The molecule has 0 amide bonds. The average Bonchev–Trinajstić information content (AvgIpc) is 2.43. The molecule has 2 rings (SSSR count). The first-order valence-electron chi connectivity index (χ1n) is 6.79. The summed E-state index contributed by atoms with van der Waals surface area (Å²) in [7, 11) is 0. The lowest BCUT2D eigenvalue weighted by molar-refractivity contribution is 0.676. The van der Waals surface area contributed by atoms with E-state index in [1.807, 2.05) is 11.8 Å². The van der Waals surface area contributed by atoms with Crippen molar-refractivity contribution in [1.82, 2.24) is 15.0 Å². The minimum absolute atomic E-state index is 0.229. The van der Waals surface area contributed by atoms with Crippen molar-refractivity contribution in [3.63, 3.8) is 0 Å². The molecule has 0 radical (unpaired) electrons. The molecule has 2 heterocycles. The maximum absolute atomic E-state index is 5.90. The quantitative estimate of drug-likeness (QED) is 0.842. The number of halogens is 1. The highest BCUT2D eigenvalue weighted by atomic mass is 35.5. The maximum atomic E-state index is 5.90. The zero-order valence-electron chi connectivity index (χ0n) is 11.2. The van der Waals surface area contributed by atoms with E-state index < -0.39 is 0 Å². The van der Waals surface area contributed by atoms with Crippen molar-refractivity contribution in [2.45, 2.75) is 37.9 Å². The van der Waals surface area contributed by atoms with Crippen molar-refractivity contribution in [1.29, 1.82) is 0 Å². The number of nitrogens with one attached hydrogen (secondary N) is 2. The van der Waals surface area contributed by atoms with Crippen LogP contribution in [-0.2, 0) is 0 Å². The molecule has 1 aliphatic rings. The third-order valence-electron chi connectivity index (χ3n) is 2.90. The van der Waals surface area contributed by atoms with Gasteiger partial charge in [0, 0.05) is 18.3 Å². The fourth-order valence-electron chi connectivity index (χ4n) is 1.92. The Morgan fingerprint density at radius 2 is 2.00 bits per heavy atom. The van der Waals surface area contributed by atoms with E-state index in [2.05, 4.69) is 32.5 Å². The summed E-state index contributed by atoms with van der Waals surface area (Å²) in [4.78, 5) is 12.5. The summed E-state index contributed by atoms with van der Waals surface area (Å²) in [6, 6.07) is 0. The molecule has 19 heavy (non-hydrogen) atoms. The normalized spacial score (nSPS) is 19.2. The van der Waals surface area contributed by atoms with Gasteiger partial charge >= 0.3 is 0 Å². The van der Waals surface area contributed by atoms with Gasteiger partial charge in [0.1, 0.15) is 0 Å². The van der Waals surface area contributed by atoms with E-state index in [4.69, 9.17) is 11.6 Å². The Labute approximate surface area is 123 Å². The minimum atomic E-state index is 0.229. The van der Waals surface area contributed by atoms with Gasteiger partial charge < -0.3 is 10.6 Å². The lowest BCUT2D eigenvalue weighted by Crippen LogP contribution is -2.21. The van der Waals surface area contributed by atoms with Crippen LogP contribution in [0.4, 0.5) is 11.9 Å². The van der Waals surface area contributed by atoms with Gasteiger partial charge in [0.25, 0.3) is 0 Å². The molecule has 7 heteroatoms. The molecule has 0 bridgehead atoms. The molecule has 5 nitrogen and oxygen atoms in total. The van der Waals surface area contributed by atoms with Gasteiger partial charge in [-0.2, -0.15) is 26.7 Å². The summed E-state index contributed by atoms with van der Waals surface area (Å²) in [6.07, 6.45) is 4.94. The third-order valence-corrected chi connectivity index (χ3v) is 4.47. The third kappa shape index (κ3) is 5.03. The molecule has 0 aliphatic carbocycles. The molecule has 1 unspecified atom stereocenters. The van der Waals surface area contributed by atoms with Gasteiger partial charge in [0.05, 0.1) is 0 Å². The highest BCUT2D eigenvalue weighted by Crippen LogP contribution is 2.25. The van der Waals surface area contributed by atoms with Crippen molar-refractivity contribution < 1.29 is 0 Å². The monoisotopic (exact) mass is 301 g/mol. The van der Waals surface area contributed by atoms with E-state index in [0.717, 1.165) is 19.5 Å². The largest absolute Gasteiger partial charge is 0.354 e. The zero-order valence-corrected chi connectivity index (χ0v) is 12.7. The Kier molecular flexibility index (Phi) is 5.97. The predicted octanol–water partition coefficient (Wildman–Crippen LogP) is 3.04. The van der Waals surface area contributed by atoms with E-state index >= 15 is 0 Å². The van der Waals surface area contributed by atoms with E-state index in [1.54, 1.807) is 0 Å². The number of anilines is 2. The molecule has 1 atom stereocenters. The van der Waals surface area contributed by atoms with Crippen LogP contribution in [0.3, 0.4) is 0 Å². The van der Waals surface area contributed by atoms with Crippen LogP contribution in [-0.4, -0.2) is 39.0 Å². The fourth-order valence-corrected chi connectivity index (χ4v) is 3.32. The molecule has 1 saturated heterocycles. The molecule has 1 aromatic heterocycles. The van der Waals surface area contributed by atoms with Crippen LogP contribution in [0.1, 0.15) is 32.6 Å². The molecule has 106 valence electrons. The standard InChI is InChI=1S/C12H20ClN5S/c1-2-6-14-11-16-10(13)17-12(18-11)15-8-9-5-3-4-7-19-9/h9H,2-8H2,1H3,(H2,14,15,16,17,18). The second kappa shape index (κ2) is 7.75. The maximum Gasteiger partial charge on any atom is 0.228 e. The van der Waals surface area contributed by atoms with Crippen LogP contribution in [0.2, 0.25) is 5.28 Å². The Balaban J connectivity index is 1.89. The van der Waals surface area contributed by atoms with E-state index in [9.17, 15) is 0 Å². The summed E-state index contributed by atoms with van der Waals surface area (Å²) >= 11 is 7.93. The molecule has 0 spiro atoms. The second-order valence-electron chi connectivity index (χ2n) is 4.55. The molecule has 2 N–H and O–H groups in total. The molecular weight excluding hydrogens is 282 g/mol. The number of hydrogen-bond donors (Lipinski definition) is 2. The fraction of sp³-hybridized carbons (Fsp3) is 0.750. The summed E-state index contributed by atoms with van der Waals surface area (Å²) in [5.41, 5.74) is 0. The van der Waals surface area contributed by atoms with Crippen LogP contribution < -0.4 is 10.6 Å². The molecule has 0 saturated carbocycles. The topological polar surface area (TPSA) is 62.7 Å². The van der Waals surface area contributed by atoms with Gasteiger partial charge in [-0.3, -0.25) is 0 Å². The van der Waals surface area contributed by atoms with Crippen LogP contribution >= 0.6 is 23.4 Å². The van der Waals surface area contributed by atoms with E-state index in [-0.39, 0.29) is 5.28 Å². The van der Waals surface area contributed by atoms with Gasteiger partial charge in [-0.05, 0) is 36.6 Å². The van der Waals surface area contributed by atoms with E-state index in [1.165, 1.54) is 25.0 Å². The van der Waals surface area contributed by atoms with Gasteiger partial charge in [-0.1, -0.05) is 13.3 Å². The van der Waals surface area contributed by atoms with Crippen LogP contribution in [0.25, 0.3) is 0 Å². The summed E-state index contributed by atoms with van der Waals surface area (Å²) in [5.74, 6) is 2.36. The van der Waals surface area contributed by atoms with Crippen molar-refractivity contribution >= 4 is 35.3 Å². The summed E-state index contributed by atoms with van der Waals surface area (Å²) in [5, 5.41) is 7.26. The lowest BCUT2D eigenvalue weighted by atomic mass is 10.2. The molecular formula is C12H20ClN5S.